The number of nitrogens with zero attached hydrogens (tertiary/aromatic N) is 2. The molecule has 2 amide bonds. The summed E-state index contributed by atoms with van der Waals surface area (Å²) < 4.78 is 5.49. The highest BCUT2D eigenvalue weighted by molar-refractivity contribution is 5.92. The number of carbonyl (C=O) groups excluding carboxylic acids is 2. The SMILES string of the molecule is C[C@H]1C[C@@]2(C=CC(=O)N2C2CC2)CCN1C(=O)OCc1ccccc1. The fraction of sp³-hybridized carbons (Fsp3) is 0.500. The maximum Gasteiger partial charge on any atom is 0.410 e. The fourth-order valence-corrected chi connectivity index (χ4v) is 4.18. The summed E-state index contributed by atoms with van der Waals surface area (Å²) in [6.07, 6.45) is 7.30. The van der Waals surface area contributed by atoms with Crippen molar-refractivity contribution in [2.24, 2.45) is 0 Å². The van der Waals surface area contributed by atoms with Gasteiger partial charge < -0.3 is 14.5 Å². The molecular weight excluding hydrogens is 316 g/mol. The summed E-state index contributed by atoms with van der Waals surface area (Å²) in [5.41, 5.74) is 0.787. The number of hydrogen-bond donors (Lipinski definition) is 0. The van der Waals surface area contributed by atoms with Crippen LogP contribution < -0.4 is 0 Å². The van der Waals surface area contributed by atoms with Crippen LogP contribution in [0.1, 0.15) is 38.2 Å². The van der Waals surface area contributed by atoms with Crippen LogP contribution in [0.4, 0.5) is 4.79 Å². The molecular formula is C20H24N2O3. The summed E-state index contributed by atoms with van der Waals surface area (Å²) in [5.74, 6) is 0.134. The number of benzene rings is 1. The fourth-order valence-electron chi connectivity index (χ4n) is 4.18. The van der Waals surface area contributed by atoms with Crippen LogP contribution in [0.3, 0.4) is 0 Å². The molecule has 5 heteroatoms. The zero-order valence-corrected chi connectivity index (χ0v) is 14.6. The van der Waals surface area contributed by atoms with E-state index < -0.39 is 0 Å². The van der Waals surface area contributed by atoms with Gasteiger partial charge >= 0.3 is 6.09 Å². The van der Waals surface area contributed by atoms with E-state index in [-0.39, 0.29) is 23.6 Å². The summed E-state index contributed by atoms with van der Waals surface area (Å²) >= 11 is 0. The Morgan fingerprint density at radius 3 is 2.72 bits per heavy atom. The van der Waals surface area contributed by atoms with Gasteiger partial charge in [0, 0.05) is 24.7 Å². The van der Waals surface area contributed by atoms with Crippen molar-refractivity contribution < 1.29 is 14.3 Å². The molecule has 5 nitrogen and oxygen atoms in total. The molecule has 1 aromatic rings. The lowest BCUT2D eigenvalue weighted by molar-refractivity contribution is -0.131. The van der Waals surface area contributed by atoms with E-state index in [4.69, 9.17) is 4.74 Å². The first-order chi connectivity index (χ1) is 12.1. The van der Waals surface area contributed by atoms with E-state index >= 15 is 0 Å². The second-order valence-electron chi connectivity index (χ2n) is 7.41. The molecule has 2 heterocycles. The topological polar surface area (TPSA) is 49.9 Å². The van der Waals surface area contributed by atoms with Crippen LogP contribution in [0.25, 0.3) is 0 Å². The van der Waals surface area contributed by atoms with Gasteiger partial charge in [-0.2, -0.15) is 0 Å². The van der Waals surface area contributed by atoms with Crippen molar-refractivity contribution in [1.29, 1.82) is 0 Å². The van der Waals surface area contributed by atoms with Crippen molar-refractivity contribution in [1.82, 2.24) is 9.80 Å². The molecule has 4 rings (SSSR count). The van der Waals surface area contributed by atoms with Gasteiger partial charge in [0.25, 0.3) is 0 Å². The van der Waals surface area contributed by atoms with Gasteiger partial charge in [-0.1, -0.05) is 36.4 Å². The van der Waals surface area contributed by atoms with Crippen LogP contribution in [-0.2, 0) is 16.1 Å². The van der Waals surface area contributed by atoms with Crippen LogP contribution in [0.5, 0.6) is 0 Å². The van der Waals surface area contributed by atoms with Gasteiger partial charge in [-0.15, -0.1) is 0 Å². The Bertz CT molecular complexity index is 698. The number of hydrogen-bond acceptors (Lipinski definition) is 3. The first kappa shape index (κ1) is 16.2. The third-order valence-electron chi connectivity index (χ3n) is 5.57. The van der Waals surface area contributed by atoms with Gasteiger partial charge in [0.1, 0.15) is 6.61 Å². The molecule has 2 fully saturated rings. The second-order valence-corrected chi connectivity index (χ2v) is 7.41. The smallest absolute Gasteiger partial charge is 0.410 e. The zero-order valence-electron chi connectivity index (χ0n) is 14.6. The van der Waals surface area contributed by atoms with Crippen LogP contribution in [0.15, 0.2) is 42.5 Å². The van der Waals surface area contributed by atoms with Crippen LogP contribution in [-0.4, -0.2) is 46.0 Å². The van der Waals surface area contributed by atoms with Crippen molar-refractivity contribution in [3.63, 3.8) is 0 Å². The minimum Gasteiger partial charge on any atom is -0.445 e. The highest BCUT2D eigenvalue weighted by Crippen LogP contribution is 2.43. The first-order valence-corrected chi connectivity index (χ1v) is 9.09. The van der Waals surface area contributed by atoms with E-state index in [1.807, 2.05) is 37.3 Å². The summed E-state index contributed by atoms with van der Waals surface area (Å²) in [6, 6.07) is 10.2. The normalized spacial score (nSPS) is 28.7. The van der Waals surface area contributed by atoms with Crippen molar-refractivity contribution in [2.75, 3.05) is 6.54 Å². The van der Waals surface area contributed by atoms with Gasteiger partial charge in [0.15, 0.2) is 0 Å². The van der Waals surface area contributed by atoms with Crippen molar-refractivity contribution >= 4 is 12.0 Å². The Morgan fingerprint density at radius 2 is 2.04 bits per heavy atom. The van der Waals surface area contributed by atoms with E-state index in [0.717, 1.165) is 31.2 Å². The predicted octanol–water partition coefficient (Wildman–Crippen LogP) is 3.11. The molecule has 0 unspecified atom stereocenters. The molecule has 1 spiro atoms. The molecule has 3 aliphatic rings. The monoisotopic (exact) mass is 340 g/mol. The highest BCUT2D eigenvalue weighted by Gasteiger charge is 2.51. The van der Waals surface area contributed by atoms with Crippen molar-refractivity contribution in [3.8, 4) is 0 Å². The Balaban J connectivity index is 1.39. The highest BCUT2D eigenvalue weighted by atomic mass is 16.6. The van der Waals surface area contributed by atoms with E-state index in [9.17, 15) is 9.59 Å². The van der Waals surface area contributed by atoms with Gasteiger partial charge in [0.05, 0.1) is 5.54 Å². The minimum atomic E-state index is -0.266. The molecule has 25 heavy (non-hydrogen) atoms. The minimum absolute atomic E-state index is 0.0498. The van der Waals surface area contributed by atoms with Gasteiger partial charge in [-0.25, -0.2) is 4.79 Å². The Morgan fingerprint density at radius 1 is 1.28 bits per heavy atom. The van der Waals surface area contributed by atoms with Gasteiger partial charge in [-0.05, 0) is 38.2 Å². The molecule has 0 aromatic heterocycles. The molecule has 1 aromatic carbocycles. The molecule has 2 atom stereocenters. The second kappa shape index (κ2) is 6.21. The van der Waals surface area contributed by atoms with Gasteiger partial charge in [-0.3, -0.25) is 4.79 Å². The molecule has 0 radical (unpaired) electrons. The summed E-state index contributed by atoms with van der Waals surface area (Å²) in [6.45, 7) is 2.96. The molecule has 132 valence electrons. The number of amides is 2. The maximum atomic E-state index is 12.5. The Labute approximate surface area is 148 Å². The third-order valence-corrected chi connectivity index (χ3v) is 5.57. The van der Waals surface area contributed by atoms with Crippen molar-refractivity contribution in [2.45, 2.75) is 56.8 Å². The lowest BCUT2D eigenvalue weighted by atomic mass is 9.83. The van der Waals surface area contributed by atoms with Crippen molar-refractivity contribution in [3.05, 3.63) is 48.0 Å². The first-order valence-electron chi connectivity index (χ1n) is 9.09. The predicted molar refractivity (Wildman–Crippen MR) is 93.8 cm³/mol. The largest absolute Gasteiger partial charge is 0.445 e. The van der Waals surface area contributed by atoms with Crippen LogP contribution in [0, 0.1) is 0 Å². The zero-order chi connectivity index (χ0) is 17.4. The van der Waals surface area contributed by atoms with E-state index in [0.29, 0.717) is 19.2 Å². The molecule has 0 bridgehead atoms. The number of carbonyl (C=O) groups is 2. The molecule has 1 saturated heterocycles. The average Bonchev–Trinajstić information content (AvgIpc) is 3.39. The Hall–Kier alpha value is -2.30. The average molecular weight is 340 g/mol. The number of rotatable bonds is 3. The lowest BCUT2D eigenvalue weighted by Gasteiger charge is -2.47. The molecule has 0 N–H and O–H groups in total. The summed E-state index contributed by atoms with van der Waals surface area (Å²) in [5, 5.41) is 0. The lowest BCUT2D eigenvalue weighted by Crippen LogP contribution is -2.58. The van der Waals surface area contributed by atoms with Crippen LogP contribution >= 0.6 is 0 Å². The maximum absolute atomic E-state index is 12.5. The third kappa shape index (κ3) is 3.03. The Kier molecular flexibility index (Phi) is 4.02. The molecule has 1 aliphatic carbocycles. The van der Waals surface area contributed by atoms with E-state index in [1.54, 1.807) is 11.0 Å². The standard InChI is InChI=1S/C20H24N2O3/c1-15-13-20(10-9-18(23)22(20)17-7-8-17)11-12-21(15)19(24)25-14-16-5-3-2-4-6-16/h2-6,9-10,15,17H,7-8,11-14H2,1H3/t15-,20+/m0/s1. The van der Waals surface area contributed by atoms with Crippen LogP contribution in [0.2, 0.25) is 0 Å². The number of ether oxygens (including phenoxy) is 1. The molecule has 1 saturated carbocycles. The molecule has 2 aliphatic heterocycles. The quantitative estimate of drug-likeness (QED) is 0.849. The summed E-state index contributed by atoms with van der Waals surface area (Å²) in [7, 11) is 0. The van der Waals surface area contributed by atoms with Gasteiger partial charge in [0.2, 0.25) is 5.91 Å². The van der Waals surface area contributed by atoms with E-state index in [2.05, 4.69) is 11.0 Å². The number of piperidine rings is 1. The van der Waals surface area contributed by atoms with E-state index in [1.165, 1.54) is 0 Å². The number of likely N-dealkylation sites (tertiary alicyclic amines) is 1. The summed E-state index contributed by atoms with van der Waals surface area (Å²) in [4.78, 5) is 28.6.